The lowest BCUT2D eigenvalue weighted by Crippen LogP contribution is -2.49. The minimum absolute atomic E-state index is 0.128. The molecule has 0 bridgehead atoms. The Morgan fingerprint density at radius 2 is 1.86 bits per heavy atom. The lowest BCUT2D eigenvalue weighted by Gasteiger charge is -2.37. The number of carbonyl (C=O) groups excluding carboxylic acids is 1. The Morgan fingerprint density at radius 1 is 1.11 bits per heavy atom. The van der Waals surface area contributed by atoms with E-state index in [1.165, 1.54) is 33.8 Å². The Labute approximate surface area is 215 Å². The van der Waals surface area contributed by atoms with Gasteiger partial charge in [0.15, 0.2) is 11.6 Å². The van der Waals surface area contributed by atoms with Crippen LogP contribution in [0, 0.1) is 6.92 Å². The van der Waals surface area contributed by atoms with E-state index in [0.29, 0.717) is 19.0 Å². The van der Waals surface area contributed by atoms with Gasteiger partial charge in [-0.25, -0.2) is 13.2 Å². The van der Waals surface area contributed by atoms with Gasteiger partial charge in [-0.15, -0.1) is 15.3 Å². The maximum absolute atomic E-state index is 12.9. The second-order valence-electron chi connectivity index (χ2n) is 9.73. The number of H-pyrrole nitrogens is 1. The summed E-state index contributed by atoms with van der Waals surface area (Å²) < 4.78 is 26.3. The van der Waals surface area contributed by atoms with E-state index in [4.69, 9.17) is 0 Å². The standard InChI is InChI=1S/C23H32N10O3S/c1-17-3-4-19(20(15-17)31-8-5-18(6-9-31)22-24-28-29-25-22)16-30-11-13-32(14-12-30)23(34)33-10-7-21(26-33)27-37(2,35)36/h3-4,7,10,15,18H,5-6,8-9,11-14,16H2,1-2H3,(H,26,27)(H,24,25,28,29). The van der Waals surface area contributed by atoms with Crippen LogP contribution >= 0.6 is 0 Å². The third-order valence-electron chi connectivity index (χ3n) is 6.92. The van der Waals surface area contributed by atoms with Crippen molar-refractivity contribution in [2.24, 2.45) is 0 Å². The van der Waals surface area contributed by atoms with E-state index in [1.807, 2.05) is 0 Å². The van der Waals surface area contributed by atoms with Crippen molar-refractivity contribution >= 4 is 27.6 Å². The number of benzene rings is 1. The van der Waals surface area contributed by atoms with Crippen LogP contribution in [0.15, 0.2) is 30.5 Å². The van der Waals surface area contributed by atoms with Crippen molar-refractivity contribution in [2.45, 2.75) is 32.2 Å². The summed E-state index contributed by atoms with van der Waals surface area (Å²) in [6.45, 7) is 7.46. The molecule has 14 heteroatoms. The number of anilines is 2. The van der Waals surface area contributed by atoms with Crippen molar-refractivity contribution in [3.8, 4) is 0 Å². The van der Waals surface area contributed by atoms with E-state index in [-0.39, 0.29) is 11.8 Å². The van der Waals surface area contributed by atoms with Crippen molar-refractivity contribution in [3.05, 3.63) is 47.4 Å². The van der Waals surface area contributed by atoms with Crippen LogP contribution in [0.5, 0.6) is 0 Å². The van der Waals surface area contributed by atoms with Gasteiger partial charge >= 0.3 is 6.03 Å². The van der Waals surface area contributed by atoms with Crippen LogP contribution in [0.1, 0.15) is 35.7 Å². The topological polar surface area (TPSA) is 145 Å². The highest BCUT2D eigenvalue weighted by Crippen LogP contribution is 2.31. The monoisotopic (exact) mass is 528 g/mol. The van der Waals surface area contributed by atoms with Gasteiger partial charge in [0.05, 0.1) is 6.26 Å². The van der Waals surface area contributed by atoms with E-state index >= 15 is 0 Å². The Hall–Kier alpha value is -3.52. The minimum atomic E-state index is -3.45. The highest BCUT2D eigenvalue weighted by molar-refractivity contribution is 7.92. The van der Waals surface area contributed by atoms with E-state index in [1.54, 1.807) is 4.90 Å². The highest BCUT2D eigenvalue weighted by atomic mass is 32.2. The largest absolute Gasteiger partial charge is 0.371 e. The van der Waals surface area contributed by atoms with E-state index in [0.717, 1.165) is 57.6 Å². The van der Waals surface area contributed by atoms with Crippen LogP contribution in [0.3, 0.4) is 0 Å². The van der Waals surface area contributed by atoms with Gasteiger partial charge in [0, 0.05) is 69.7 Å². The Bertz CT molecular complexity index is 1320. The molecule has 0 spiro atoms. The molecule has 3 aromatic rings. The average molecular weight is 529 g/mol. The molecular formula is C23H32N10O3S. The molecule has 2 N–H and O–H groups in total. The maximum atomic E-state index is 12.9. The number of aryl methyl sites for hydroxylation is 1. The minimum Gasteiger partial charge on any atom is -0.371 e. The zero-order valence-electron chi connectivity index (χ0n) is 21.0. The van der Waals surface area contributed by atoms with E-state index in [9.17, 15) is 13.2 Å². The molecule has 0 saturated carbocycles. The van der Waals surface area contributed by atoms with Gasteiger partial charge in [0.1, 0.15) is 0 Å². The van der Waals surface area contributed by atoms with Crippen LogP contribution in [-0.2, 0) is 16.6 Å². The molecule has 0 atom stereocenters. The number of nitrogens with zero attached hydrogens (tertiary/aromatic N) is 8. The molecule has 37 heavy (non-hydrogen) atoms. The number of piperidine rings is 1. The SMILES string of the molecule is Cc1ccc(CN2CCN(C(=O)n3ccc(NS(C)(=O)=O)n3)CC2)c(N2CCC(c3nn[nH]n3)CC2)c1. The summed E-state index contributed by atoms with van der Waals surface area (Å²) in [5, 5.41) is 18.6. The Morgan fingerprint density at radius 3 is 2.54 bits per heavy atom. The van der Waals surface area contributed by atoms with Crippen molar-refractivity contribution in [3.63, 3.8) is 0 Å². The molecular weight excluding hydrogens is 496 g/mol. The van der Waals surface area contributed by atoms with Crippen molar-refractivity contribution in [1.82, 2.24) is 40.2 Å². The number of nitrogens with one attached hydrogen (secondary N) is 2. The average Bonchev–Trinajstić information content (AvgIpc) is 3.57. The smallest absolute Gasteiger partial charge is 0.344 e. The third kappa shape index (κ3) is 6.07. The molecule has 4 heterocycles. The fourth-order valence-electron chi connectivity index (χ4n) is 4.98. The molecule has 0 unspecified atom stereocenters. The molecule has 1 amide bonds. The molecule has 0 radical (unpaired) electrons. The summed E-state index contributed by atoms with van der Waals surface area (Å²) in [7, 11) is -3.45. The molecule has 2 fully saturated rings. The normalized spacial score (nSPS) is 17.8. The van der Waals surface area contributed by atoms with Gasteiger partial charge in [-0.3, -0.25) is 9.62 Å². The van der Waals surface area contributed by atoms with Crippen LogP contribution in [0.2, 0.25) is 0 Å². The summed E-state index contributed by atoms with van der Waals surface area (Å²) in [5.41, 5.74) is 3.79. The summed E-state index contributed by atoms with van der Waals surface area (Å²) in [6, 6.07) is 7.85. The lowest BCUT2D eigenvalue weighted by atomic mass is 9.95. The van der Waals surface area contributed by atoms with Crippen molar-refractivity contribution < 1.29 is 13.2 Å². The first kappa shape index (κ1) is 25.1. The fraction of sp³-hybridized carbons (Fsp3) is 0.522. The number of hydrogen-bond donors (Lipinski definition) is 2. The number of sulfonamides is 1. The van der Waals surface area contributed by atoms with Gasteiger partial charge in [-0.05, 0) is 37.0 Å². The van der Waals surface area contributed by atoms with Crippen molar-refractivity contribution in [1.29, 1.82) is 0 Å². The zero-order valence-corrected chi connectivity index (χ0v) is 21.9. The van der Waals surface area contributed by atoms with Crippen molar-refractivity contribution in [2.75, 3.05) is 55.1 Å². The zero-order chi connectivity index (χ0) is 26.0. The second-order valence-corrected chi connectivity index (χ2v) is 11.5. The number of aromatic amines is 1. The molecule has 2 aromatic heterocycles. The molecule has 0 aliphatic carbocycles. The number of rotatable bonds is 6. The maximum Gasteiger partial charge on any atom is 0.344 e. The van der Waals surface area contributed by atoms with Gasteiger partial charge < -0.3 is 9.80 Å². The predicted octanol–water partition coefficient (Wildman–Crippen LogP) is 1.25. The quantitative estimate of drug-likeness (QED) is 0.483. The van der Waals surface area contributed by atoms with Gasteiger partial charge in [0.25, 0.3) is 0 Å². The van der Waals surface area contributed by atoms with Gasteiger partial charge in [-0.2, -0.15) is 9.90 Å². The second kappa shape index (κ2) is 10.5. The lowest BCUT2D eigenvalue weighted by molar-refractivity contribution is 0.134. The first-order valence-electron chi connectivity index (χ1n) is 12.4. The fourth-order valence-corrected chi connectivity index (χ4v) is 5.47. The number of amides is 1. The van der Waals surface area contributed by atoms with E-state index in [2.05, 4.69) is 65.4 Å². The molecule has 13 nitrogen and oxygen atoms in total. The summed E-state index contributed by atoms with van der Waals surface area (Å²) in [5.74, 6) is 1.26. The molecule has 1 aromatic carbocycles. The predicted molar refractivity (Wildman–Crippen MR) is 138 cm³/mol. The van der Waals surface area contributed by atoms with Crippen LogP contribution < -0.4 is 9.62 Å². The number of piperazine rings is 1. The molecule has 2 aliphatic rings. The number of aromatic nitrogens is 6. The van der Waals surface area contributed by atoms with Crippen LogP contribution in [0.25, 0.3) is 0 Å². The molecule has 2 saturated heterocycles. The van der Waals surface area contributed by atoms with Gasteiger partial charge in [0.2, 0.25) is 10.0 Å². The first-order valence-corrected chi connectivity index (χ1v) is 14.3. The number of tetrazole rings is 1. The molecule has 2 aliphatic heterocycles. The number of hydrogen-bond acceptors (Lipinski definition) is 9. The molecule has 5 rings (SSSR count). The number of carbonyl (C=O) groups is 1. The van der Waals surface area contributed by atoms with Gasteiger partial charge in [-0.1, -0.05) is 17.3 Å². The van der Waals surface area contributed by atoms with E-state index < -0.39 is 10.0 Å². The summed E-state index contributed by atoms with van der Waals surface area (Å²) in [6.07, 6.45) is 4.50. The Kier molecular flexibility index (Phi) is 7.11. The first-order chi connectivity index (χ1) is 17.7. The summed E-state index contributed by atoms with van der Waals surface area (Å²) in [4.78, 5) is 19.4. The summed E-state index contributed by atoms with van der Waals surface area (Å²) >= 11 is 0. The third-order valence-corrected chi connectivity index (χ3v) is 7.50. The van der Waals surface area contributed by atoms with Crippen LogP contribution in [-0.4, -0.2) is 100 Å². The Balaban J connectivity index is 1.18. The molecule has 198 valence electrons. The highest BCUT2D eigenvalue weighted by Gasteiger charge is 2.27. The van der Waals surface area contributed by atoms with Crippen LogP contribution in [0.4, 0.5) is 16.3 Å².